The van der Waals surface area contributed by atoms with Gasteiger partial charge >= 0.3 is 0 Å². The highest BCUT2D eigenvalue weighted by Crippen LogP contribution is 2.27. The molecule has 1 rings (SSSR count). The number of nitrogens with two attached hydrogens (primary N) is 1. The highest BCUT2D eigenvalue weighted by atomic mass is 14.6. The molecule has 0 aliphatic heterocycles. The first-order valence-corrected chi connectivity index (χ1v) is 5.98. The van der Waals surface area contributed by atoms with Crippen LogP contribution in [0.4, 0.5) is 0 Å². The van der Waals surface area contributed by atoms with Gasteiger partial charge in [-0.1, -0.05) is 32.1 Å². The first kappa shape index (κ1) is 11.6. The minimum atomic E-state index is 0.388. The molecule has 1 saturated carbocycles. The molecule has 1 atom stereocenters. The smallest absolute Gasteiger partial charge is 0.0103 e. The van der Waals surface area contributed by atoms with Crippen molar-refractivity contribution in [2.24, 2.45) is 11.7 Å². The van der Waals surface area contributed by atoms with E-state index < -0.39 is 0 Å². The van der Waals surface area contributed by atoms with Gasteiger partial charge in [-0.15, -0.1) is 11.8 Å². The summed E-state index contributed by atoms with van der Waals surface area (Å²) >= 11 is 0. The maximum absolute atomic E-state index is 6.08. The van der Waals surface area contributed by atoms with Crippen molar-refractivity contribution in [3.8, 4) is 11.8 Å². The monoisotopic (exact) mass is 193 g/mol. The van der Waals surface area contributed by atoms with Gasteiger partial charge in [-0.3, -0.25) is 0 Å². The Morgan fingerprint density at radius 2 is 2.00 bits per heavy atom. The van der Waals surface area contributed by atoms with Crippen molar-refractivity contribution < 1.29 is 0 Å². The van der Waals surface area contributed by atoms with Crippen LogP contribution >= 0.6 is 0 Å². The molecule has 1 aliphatic carbocycles. The van der Waals surface area contributed by atoms with E-state index in [1.807, 2.05) is 6.92 Å². The number of hydrogen-bond donors (Lipinski definition) is 1. The first-order valence-electron chi connectivity index (χ1n) is 5.98. The SMILES string of the molecule is CC#CCCC(N)CC1CCCCC1. The van der Waals surface area contributed by atoms with Crippen LogP contribution < -0.4 is 5.73 Å². The Kier molecular flexibility index (Phi) is 5.71. The molecule has 0 saturated heterocycles. The van der Waals surface area contributed by atoms with Gasteiger partial charge in [-0.25, -0.2) is 0 Å². The summed E-state index contributed by atoms with van der Waals surface area (Å²) in [7, 11) is 0. The van der Waals surface area contributed by atoms with Crippen LogP contribution in [-0.4, -0.2) is 6.04 Å². The van der Waals surface area contributed by atoms with Crippen LogP contribution in [0.3, 0.4) is 0 Å². The predicted molar refractivity (Wildman–Crippen MR) is 61.9 cm³/mol. The molecule has 0 amide bonds. The number of hydrogen-bond acceptors (Lipinski definition) is 1. The van der Waals surface area contributed by atoms with Crippen molar-refractivity contribution in [1.29, 1.82) is 0 Å². The fraction of sp³-hybridized carbons (Fsp3) is 0.846. The van der Waals surface area contributed by atoms with E-state index >= 15 is 0 Å². The Morgan fingerprint density at radius 1 is 1.29 bits per heavy atom. The maximum Gasteiger partial charge on any atom is 0.0103 e. The molecule has 0 aromatic rings. The van der Waals surface area contributed by atoms with E-state index in [-0.39, 0.29) is 0 Å². The lowest BCUT2D eigenvalue weighted by atomic mass is 9.84. The van der Waals surface area contributed by atoms with Crippen molar-refractivity contribution in [2.75, 3.05) is 0 Å². The molecular weight excluding hydrogens is 170 g/mol. The summed E-state index contributed by atoms with van der Waals surface area (Å²) in [5.74, 6) is 6.92. The fourth-order valence-electron chi connectivity index (χ4n) is 2.35. The summed E-state index contributed by atoms with van der Waals surface area (Å²) in [5, 5.41) is 0. The second-order valence-electron chi connectivity index (χ2n) is 4.47. The quantitative estimate of drug-likeness (QED) is 0.682. The molecule has 0 aromatic carbocycles. The molecule has 1 heteroatoms. The average molecular weight is 193 g/mol. The molecule has 80 valence electrons. The average Bonchev–Trinajstić information content (AvgIpc) is 2.20. The zero-order chi connectivity index (χ0) is 10.2. The lowest BCUT2D eigenvalue weighted by molar-refractivity contribution is 0.313. The molecule has 0 bridgehead atoms. The van der Waals surface area contributed by atoms with Crippen molar-refractivity contribution in [2.45, 2.75) is 64.3 Å². The lowest BCUT2D eigenvalue weighted by Crippen LogP contribution is -2.24. The Balaban J connectivity index is 2.10. The molecule has 0 radical (unpaired) electrons. The van der Waals surface area contributed by atoms with Gasteiger partial charge in [-0.2, -0.15) is 0 Å². The van der Waals surface area contributed by atoms with E-state index in [4.69, 9.17) is 5.73 Å². The molecule has 0 aromatic heterocycles. The largest absolute Gasteiger partial charge is 0.328 e. The summed E-state index contributed by atoms with van der Waals surface area (Å²) < 4.78 is 0. The highest BCUT2D eigenvalue weighted by molar-refractivity contribution is 4.95. The van der Waals surface area contributed by atoms with Crippen molar-refractivity contribution in [3.05, 3.63) is 0 Å². The third kappa shape index (κ3) is 4.67. The van der Waals surface area contributed by atoms with Crippen LogP contribution in [-0.2, 0) is 0 Å². The molecule has 1 nitrogen and oxygen atoms in total. The van der Waals surface area contributed by atoms with E-state index in [0.717, 1.165) is 18.8 Å². The van der Waals surface area contributed by atoms with Crippen LogP contribution in [0.25, 0.3) is 0 Å². The Labute approximate surface area is 88.5 Å². The predicted octanol–water partition coefficient (Wildman–Crippen LogP) is 3.09. The van der Waals surface area contributed by atoms with E-state index in [2.05, 4.69) is 11.8 Å². The topological polar surface area (TPSA) is 26.0 Å². The first-order chi connectivity index (χ1) is 6.83. The van der Waals surface area contributed by atoms with E-state index in [1.165, 1.54) is 38.5 Å². The molecule has 0 spiro atoms. The highest BCUT2D eigenvalue weighted by Gasteiger charge is 2.16. The summed E-state index contributed by atoms with van der Waals surface area (Å²) in [4.78, 5) is 0. The van der Waals surface area contributed by atoms with Gasteiger partial charge in [0.15, 0.2) is 0 Å². The third-order valence-electron chi connectivity index (χ3n) is 3.18. The van der Waals surface area contributed by atoms with Gasteiger partial charge in [0.1, 0.15) is 0 Å². The zero-order valence-corrected chi connectivity index (χ0v) is 9.39. The summed E-state index contributed by atoms with van der Waals surface area (Å²) in [5.41, 5.74) is 6.08. The van der Waals surface area contributed by atoms with E-state index in [0.29, 0.717) is 6.04 Å². The number of rotatable bonds is 4. The summed E-state index contributed by atoms with van der Waals surface area (Å²) in [6.45, 7) is 1.90. The van der Waals surface area contributed by atoms with Gasteiger partial charge in [0.25, 0.3) is 0 Å². The minimum Gasteiger partial charge on any atom is -0.328 e. The van der Waals surface area contributed by atoms with Gasteiger partial charge in [-0.05, 0) is 25.7 Å². The maximum atomic E-state index is 6.08. The van der Waals surface area contributed by atoms with Crippen LogP contribution in [0.15, 0.2) is 0 Å². The van der Waals surface area contributed by atoms with Gasteiger partial charge < -0.3 is 5.73 Å². The van der Waals surface area contributed by atoms with Crippen LogP contribution in [0.5, 0.6) is 0 Å². The molecule has 1 unspecified atom stereocenters. The van der Waals surface area contributed by atoms with Crippen molar-refractivity contribution in [3.63, 3.8) is 0 Å². The molecular formula is C13H23N. The normalized spacial score (nSPS) is 19.9. The van der Waals surface area contributed by atoms with E-state index in [1.54, 1.807) is 0 Å². The molecule has 1 aliphatic rings. The Hall–Kier alpha value is -0.480. The van der Waals surface area contributed by atoms with Gasteiger partial charge in [0.05, 0.1) is 0 Å². The minimum absolute atomic E-state index is 0.388. The fourth-order valence-corrected chi connectivity index (χ4v) is 2.35. The van der Waals surface area contributed by atoms with Gasteiger partial charge in [0, 0.05) is 12.5 Å². The van der Waals surface area contributed by atoms with Gasteiger partial charge in [0.2, 0.25) is 0 Å². The lowest BCUT2D eigenvalue weighted by Gasteiger charge is -2.24. The molecule has 0 heterocycles. The molecule has 14 heavy (non-hydrogen) atoms. The second-order valence-corrected chi connectivity index (χ2v) is 4.47. The second kappa shape index (κ2) is 6.90. The Bertz CT molecular complexity index is 193. The zero-order valence-electron chi connectivity index (χ0n) is 9.39. The Morgan fingerprint density at radius 3 is 2.64 bits per heavy atom. The van der Waals surface area contributed by atoms with Crippen molar-refractivity contribution in [1.82, 2.24) is 0 Å². The summed E-state index contributed by atoms with van der Waals surface area (Å²) in [6.07, 6.45) is 10.4. The van der Waals surface area contributed by atoms with E-state index in [9.17, 15) is 0 Å². The van der Waals surface area contributed by atoms with Crippen LogP contribution in [0, 0.1) is 17.8 Å². The summed E-state index contributed by atoms with van der Waals surface area (Å²) in [6, 6.07) is 0.388. The van der Waals surface area contributed by atoms with Crippen molar-refractivity contribution >= 4 is 0 Å². The van der Waals surface area contributed by atoms with Crippen LogP contribution in [0.2, 0.25) is 0 Å². The van der Waals surface area contributed by atoms with Crippen LogP contribution in [0.1, 0.15) is 58.3 Å². The third-order valence-corrected chi connectivity index (χ3v) is 3.18. The standard InChI is InChI=1S/C13H23N/c1-2-3-5-10-13(14)11-12-8-6-4-7-9-12/h12-13H,4-11,14H2,1H3. The molecule has 1 fully saturated rings. The molecule has 2 N–H and O–H groups in total.